The maximum Gasteiger partial charge on any atom is 0.317 e. The summed E-state index contributed by atoms with van der Waals surface area (Å²) < 4.78 is 4.47. The van der Waals surface area contributed by atoms with Crippen LogP contribution in [-0.2, 0) is 9.53 Å². The Morgan fingerprint density at radius 2 is 2.25 bits per heavy atom. The van der Waals surface area contributed by atoms with Crippen molar-refractivity contribution in [1.82, 2.24) is 0 Å². The summed E-state index contributed by atoms with van der Waals surface area (Å²) in [6.45, 7) is 1.87. The molecule has 0 spiro atoms. The molecule has 0 bridgehead atoms. The van der Waals surface area contributed by atoms with E-state index in [1.807, 2.05) is 6.92 Å². The van der Waals surface area contributed by atoms with Crippen molar-refractivity contribution in [3.05, 3.63) is 28.3 Å². The molecule has 0 fully saturated rings. The average molecular weight is 238 g/mol. The molecule has 0 amide bonds. The molecule has 0 heterocycles. The van der Waals surface area contributed by atoms with Crippen LogP contribution in [0.25, 0.3) is 0 Å². The molecule has 0 aromatic heterocycles. The molecule has 0 saturated carbocycles. The predicted molar refractivity (Wildman–Crippen MR) is 64.1 cm³/mol. The molecule has 0 saturated heterocycles. The molecule has 0 aliphatic carbocycles. The number of hydrogen-bond acceptors (Lipinski definition) is 3. The fourth-order valence-corrected chi connectivity index (χ4v) is 1.30. The Morgan fingerprint density at radius 3 is 2.88 bits per heavy atom. The monoisotopic (exact) mass is 237 g/mol. The van der Waals surface area contributed by atoms with E-state index in [0.717, 1.165) is 5.56 Å². The van der Waals surface area contributed by atoms with Crippen LogP contribution in [-0.4, -0.2) is 13.1 Å². The SMILES string of the molecule is COC(=O)CC#Cc1cc(C)c(N)cc1Cl. The number of benzene rings is 1. The number of carbonyl (C=O) groups excluding carboxylic acids is 1. The van der Waals surface area contributed by atoms with E-state index >= 15 is 0 Å². The fraction of sp³-hybridized carbons (Fsp3) is 0.250. The molecule has 1 aromatic carbocycles. The Bertz CT molecular complexity index is 472. The topological polar surface area (TPSA) is 52.3 Å². The number of rotatable bonds is 1. The molecule has 0 aliphatic rings. The number of anilines is 1. The van der Waals surface area contributed by atoms with E-state index < -0.39 is 0 Å². The second kappa shape index (κ2) is 5.43. The van der Waals surface area contributed by atoms with Gasteiger partial charge in [0.1, 0.15) is 6.42 Å². The number of halogens is 1. The van der Waals surface area contributed by atoms with Gasteiger partial charge in [-0.3, -0.25) is 4.79 Å². The van der Waals surface area contributed by atoms with Gasteiger partial charge in [0.2, 0.25) is 0 Å². The largest absolute Gasteiger partial charge is 0.468 e. The minimum absolute atomic E-state index is 0.0518. The van der Waals surface area contributed by atoms with Gasteiger partial charge >= 0.3 is 5.97 Å². The molecule has 2 N–H and O–H groups in total. The Morgan fingerprint density at radius 1 is 1.56 bits per heavy atom. The van der Waals surface area contributed by atoms with Crippen LogP contribution in [0, 0.1) is 18.8 Å². The number of nitrogen functional groups attached to an aromatic ring is 1. The number of esters is 1. The normalized spacial score (nSPS) is 9.19. The predicted octanol–water partition coefficient (Wildman–Crippen LogP) is 2.15. The molecule has 0 aliphatic heterocycles. The lowest BCUT2D eigenvalue weighted by molar-refractivity contribution is -0.139. The third kappa shape index (κ3) is 3.18. The molecule has 3 nitrogen and oxygen atoms in total. The van der Waals surface area contributed by atoms with Crippen molar-refractivity contribution in [2.75, 3.05) is 12.8 Å². The van der Waals surface area contributed by atoms with Crippen LogP contribution in [0.15, 0.2) is 12.1 Å². The van der Waals surface area contributed by atoms with Crippen LogP contribution in [0.4, 0.5) is 5.69 Å². The molecule has 0 atom stereocenters. The minimum Gasteiger partial charge on any atom is -0.468 e. The van der Waals surface area contributed by atoms with Gasteiger partial charge in [-0.1, -0.05) is 23.4 Å². The van der Waals surface area contributed by atoms with Gasteiger partial charge in [-0.05, 0) is 24.6 Å². The number of aryl methyl sites for hydroxylation is 1. The first-order valence-corrected chi connectivity index (χ1v) is 5.03. The zero-order valence-corrected chi connectivity index (χ0v) is 9.89. The maximum atomic E-state index is 10.8. The lowest BCUT2D eigenvalue weighted by atomic mass is 10.1. The fourth-order valence-electron chi connectivity index (χ4n) is 1.08. The first kappa shape index (κ1) is 12.4. The van der Waals surface area contributed by atoms with Crippen molar-refractivity contribution < 1.29 is 9.53 Å². The zero-order valence-electron chi connectivity index (χ0n) is 9.13. The van der Waals surface area contributed by atoms with Crippen LogP contribution in [0.5, 0.6) is 0 Å². The van der Waals surface area contributed by atoms with Crippen molar-refractivity contribution >= 4 is 23.3 Å². The van der Waals surface area contributed by atoms with Crippen LogP contribution >= 0.6 is 11.6 Å². The molecule has 16 heavy (non-hydrogen) atoms. The molecule has 0 radical (unpaired) electrons. The summed E-state index contributed by atoms with van der Waals surface area (Å²) in [5.41, 5.74) is 7.88. The highest BCUT2D eigenvalue weighted by molar-refractivity contribution is 6.32. The van der Waals surface area contributed by atoms with E-state index in [9.17, 15) is 4.79 Å². The Hall–Kier alpha value is -1.66. The second-order valence-corrected chi connectivity index (χ2v) is 3.65. The number of nitrogens with two attached hydrogens (primary N) is 1. The van der Waals surface area contributed by atoms with Crippen molar-refractivity contribution in [3.63, 3.8) is 0 Å². The lowest BCUT2D eigenvalue weighted by Gasteiger charge is -2.02. The highest BCUT2D eigenvalue weighted by atomic mass is 35.5. The highest BCUT2D eigenvalue weighted by Crippen LogP contribution is 2.21. The van der Waals surface area contributed by atoms with Gasteiger partial charge in [0.05, 0.1) is 12.1 Å². The third-order valence-electron chi connectivity index (χ3n) is 2.04. The van der Waals surface area contributed by atoms with Gasteiger partial charge in [0.25, 0.3) is 0 Å². The quantitative estimate of drug-likeness (QED) is 0.463. The summed E-state index contributed by atoms with van der Waals surface area (Å²) in [6, 6.07) is 3.45. The summed E-state index contributed by atoms with van der Waals surface area (Å²) in [5.74, 6) is 5.13. The standard InChI is InChI=1S/C12H12ClNO2/c1-8-6-9(10(13)7-11(8)14)4-3-5-12(15)16-2/h6-7H,5,14H2,1-2H3. The highest BCUT2D eigenvalue weighted by Gasteiger charge is 2.01. The molecule has 84 valence electrons. The van der Waals surface area contributed by atoms with E-state index in [1.165, 1.54) is 7.11 Å². The van der Waals surface area contributed by atoms with Gasteiger partial charge in [-0.15, -0.1) is 0 Å². The number of ether oxygens (including phenoxy) is 1. The summed E-state index contributed by atoms with van der Waals surface area (Å²) in [7, 11) is 1.32. The average Bonchev–Trinajstić information content (AvgIpc) is 2.25. The van der Waals surface area contributed by atoms with Gasteiger partial charge in [-0.2, -0.15) is 0 Å². The molecule has 1 rings (SSSR count). The third-order valence-corrected chi connectivity index (χ3v) is 2.35. The minimum atomic E-state index is -0.365. The van der Waals surface area contributed by atoms with Gasteiger partial charge in [-0.25, -0.2) is 0 Å². The van der Waals surface area contributed by atoms with Crippen molar-refractivity contribution in [1.29, 1.82) is 0 Å². The lowest BCUT2D eigenvalue weighted by Crippen LogP contribution is -1.97. The molecule has 4 heteroatoms. The van der Waals surface area contributed by atoms with E-state index in [-0.39, 0.29) is 12.4 Å². The number of methoxy groups -OCH3 is 1. The molecular formula is C12H12ClNO2. The van der Waals surface area contributed by atoms with Crippen molar-refractivity contribution in [2.45, 2.75) is 13.3 Å². The Balaban J connectivity index is 2.89. The smallest absolute Gasteiger partial charge is 0.317 e. The van der Waals surface area contributed by atoms with E-state index in [2.05, 4.69) is 16.6 Å². The number of hydrogen-bond donors (Lipinski definition) is 1. The summed E-state index contributed by atoms with van der Waals surface area (Å²) in [4.78, 5) is 10.8. The number of carbonyl (C=O) groups is 1. The Kier molecular flexibility index (Phi) is 4.21. The van der Waals surface area contributed by atoms with Crippen LogP contribution in [0.1, 0.15) is 17.5 Å². The van der Waals surface area contributed by atoms with Crippen molar-refractivity contribution in [3.8, 4) is 11.8 Å². The summed E-state index contributed by atoms with van der Waals surface area (Å²) in [5, 5.41) is 0.487. The molecular weight excluding hydrogens is 226 g/mol. The van der Waals surface area contributed by atoms with E-state index in [0.29, 0.717) is 16.3 Å². The molecule has 1 aromatic rings. The molecule has 0 unspecified atom stereocenters. The van der Waals surface area contributed by atoms with E-state index in [1.54, 1.807) is 12.1 Å². The Labute approximate surface area is 99.5 Å². The van der Waals surface area contributed by atoms with Crippen LogP contribution in [0.2, 0.25) is 5.02 Å². The van der Waals surface area contributed by atoms with Crippen LogP contribution < -0.4 is 5.73 Å². The van der Waals surface area contributed by atoms with Gasteiger partial charge in [0, 0.05) is 11.3 Å². The maximum absolute atomic E-state index is 10.8. The van der Waals surface area contributed by atoms with Gasteiger partial charge in [0.15, 0.2) is 0 Å². The van der Waals surface area contributed by atoms with Gasteiger partial charge < -0.3 is 10.5 Å². The first-order chi connectivity index (χ1) is 7.54. The zero-order chi connectivity index (χ0) is 12.1. The van der Waals surface area contributed by atoms with Crippen LogP contribution in [0.3, 0.4) is 0 Å². The summed E-state index contributed by atoms with van der Waals surface area (Å²) >= 11 is 5.95. The second-order valence-electron chi connectivity index (χ2n) is 3.24. The summed E-state index contributed by atoms with van der Waals surface area (Å²) in [6.07, 6.45) is 0.0518. The van der Waals surface area contributed by atoms with E-state index in [4.69, 9.17) is 17.3 Å². The van der Waals surface area contributed by atoms with Crippen molar-refractivity contribution in [2.24, 2.45) is 0 Å². The first-order valence-electron chi connectivity index (χ1n) is 4.66.